The van der Waals surface area contributed by atoms with Crippen LogP contribution in [0.2, 0.25) is 0 Å². The van der Waals surface area contributed by atoms with Crippen molar-refractivity contribution in [2.24, 2.45) is 11.8 Å². The van der Waals surface area contributed by atoms with Gasteiger partial charge in [0.05, 0.1) is 12.5 Å². The molecule has 0 saturated heterocycles. The molecule has 1 heterocycles. The summed E-state index contributed by atoms with van der Waals surface area (Å²) in [5, 5.41) is 0. The van der Waals surface area contributed by atoms with Crippen LogP contribution in [0.3, 0.4) is 0 Å². The van der Waals surface area contributed by atoms with E-state index in [1.54, 1.807) is 0 Å². The van der Waals surface area contributed by atoms with E-state index in [1.165, 1.54) is 5.57 Å². The average molecular weight is 270 g/mol. The van der Waals surface area contributed by atoms with E-state index in [0.29, 0.717) is 24.2 Å². The molecule has 0 bridgehead atoms. The lowest BCUT2D eigenvalue weighted by Gasteiger charge is -2.24. The third-order valence-electron chi connectivity index (χ3n) is 4.37. The monoisotopic (exact) mass is 270 g/mol. The maximum Gasteiger partial charge on any atom is 0.205 e. The molecule has 0 unspecified atom stereocenters. The number of Topliss-reactive ketones (excluding diaryl/α,β-unsaturated/α-hetero) is 1. The number of hydrogen-bond donors (Lipinski definition) is 0. The molecule has 3 rings (SSSR count). The van der Waals surface area contributed by atoms with E-state index < -0.39 is 0 Å². The highest BCUT2D eigenvalue weighted by atomic mass is 16.5. The SMILES string of the molecule is CC(C)C[C@@H]1C2=C(OCCC2)C(=O)[C@H]1c1ccccc1. The fraction of sp³-hybridized carbons (Fsp3) is 0.500. The lowest BCUT2D eigenvalue weighted by Crippen LogP contribution is -2.17. The van der Waals surface area contributed by atoms with Crippen molar-refractivity contribution in [1.82, 2.24) is 0 Å². The van der Waals surface area contributed by atoms with E-state index >= 15 is 0 Å². The first kappa shape index (κ1) is 13.4. The second-order valence-electron chi connectivity index (χ2n) is 6.30. The Morgan fingerprint density at radius 1 is 1.25 bits per heavy atom. The van der Waals surface area contributed by atoms with Gasteiger partial charge in [0.2, 0.25) is 5.78 Å². The summed E-state index contributed by atoms with van der Waals surface area (Å²) in [5.74, 6) is 1.79. The topological polar surface area (TPSA) is 26.3 Å². The van der Waals surface area contributed by atoms with Gasteiger partial charge in [0.25, 0.3) is 0 Å². The Bertz CT molecular complexity index is 528. The molecule has 2 atom stereocenters. The Labute approximate surface area is 120 Å². The number of hydrogen-bond acceptors (Lipinski definition) is 2. The summed E-state index contributed by atoms with van der Waals surface area (Å²) in [6, 6.07) is 10.2. The van der Waals surface area contributed by atoms with Gasteiger partial charge in [-0.3, -0.25) is 4.79 Å². The van der Waals surface area contributed by atoms with Crippen LogP contribution in [-0.4, -0.2) is 12.4 Å². The third kappa shape index (κ3) is 2.28. The second-order valence-corrected chi connectivity index (χ2v) is 6.30. The van der Waals surface area contributed by atoms with Crippen molar-refractivity contribution in [2.75, 3.05) is 6.61 Å². The summed E-state index contributed by atoms with van der Waals surface area (Å²) in [6.07, 6.45) is 3.14. The molecule has 0 aromatic heterocycles. The number of allylic oxidation sites excluding steroid dienone is 2. The highest BCUT2D eigenvalue weighted by Gasteiger charge is 2.44. The zero-order valence-corrected chi connectivity index (χ0v) is 12.3. The number of carbonyl (C=O) groups excluding carboxylic acids is 1. The van der Waals surface area contributed by atoms with Crippen LogP contribution in [0.15, 0.2) is 41.7 Å². The molecule has 1 aliphatic carbocycles. The van der Waals surface area contributed by atoms with Crippen LogP contribution in [0.4, 0.5) is 0 Å². The molecule has 0 N–H and O–H groups in total. The molecule has 0 radical (unpaired) electrons. The molecule has 1 aromatic carbocycles. The van der Waals surface area contributed by atoms with Gasteiger partial charge in [0, 0.05) is 0 Å². The van der Waals surface area contributed by atoms with Gasteiger partial charge < -0.3 is 4.74 Å². The normalized spacial score (nSPS) is 25.9. The lowest BCUT2D eigenvalue weighted by atomic mass is 9.79. The molecular formula is C18H22O2. The summed E-state index contributed by atoms with van der Waals surface area (Å²) in [4.78, 5) is 12.7. The Morgan fingerprint density at radius 3 is 2.70 bits per heavy atom. The van der Waals surface area contributed by atoms with Crippen LogP contribution in [0.1, 0.15) is 44.6 Å². The average Bonchev–Trinajstić information content (AvgIpc) is 2.73. The molecule has 2 heteroatoms. The Hall–Kier alpha value is -1.57. The summed E-state index contributed by atoms with van der Waals surface area (Å²) in [7, 11) is 0. The van der Waals surface area contributed by atoms with Gasteiger partial charge >= 0.3 is 0 Å². The van der Waals surface area contributed by atoms with E-state index in [0.717, 1.165) is 24.8 Å². The van der Waals surface area contributed by atoms with Gasteiger partial charge in [0.1, 0.15) is 0 Å². The van der Waals surface area contributed by atoms with Crippen molar-refractivity contribution in [3.8, 4) is 0 Å². The molecule has 1 aliphatic heterocycles. The van der Waals surface area contributed by atoms with E-state index in [-0.39, 0.29) is 11.7 Å². The maximum absolute atomic E-state index is 12.7. The first-order valence-corrected chi connectivity index (χ1v) is 7.63. The van der Waals surface area contributed by atoms with Gasteiger partial charge in [-0.25, -0.2) is 0 Å². The second kappa shape index (κ2) is 5.43. The molecule has 0 amide bonds. The zero-order valence-electron chi connectivity index (χ0n) is 12.3. The van der Waals surface area contributed by atoms with Crippen molar-refractivity contribution in [1.29, 1.82) is 0 Å². The molecule has 2 aliphatic rings. The van der Waals surface area contributed by atoms with Crippen LogP contribution in [0.5, 0.6) is 0 Å². The smallest absolute Gasteiger partial charge is 0.205 e. The predicted molar refractivity (Wildman–Crippen MR) is 79.3 cm³/mol. The van der Waals surface area contributed by atoms with Gasteiger partial charge in [-0.05, 0) is 42.2 Å². The zero-order chi connectivity index (χ0) is 14.1. The van der Waals surface area contributed by atoms with Crippen LogP contribution in [0.25, 0.3) is 0 Å². The van der Waals surface area contributed by atoms with Crippen molar-refractivity contribution in [2.45, 2.75) is 39.0 Å². The maximum atomic E-state index is 12.7. The van der Waals surface area contributed by atoms with Crippen LogP contribution < -0.4 is 0 Å². The molecule has 2 nitrogen and oxygen atoms in total. The molecule has 20 heavy (non-hydrogen) atoms. The fourth-order valence-electron chi connectivity index (χ4n) is 3.58. The van der Waals surface area contributed by atoms with Gasteiger partial charge in [-0.1, -0.05) is 44.2 Å². The molecule has 0 saturated carbocycles. The van der Waals surface area contributed by atoms with Gasteiger partial charge in [-0.15, -0.1) is 0 Å². The van der Waals surface area contributed by atoms with Crippen molar-refractivity contribution in [3.63, 3.8) is 0 Å². The summed E-state index contributed by atoms with van der Waals surface area (Å²) in [6.45, 7) is 5.16. The standard InChI is InChI=1S/C18H22O2/c1-12(2)11-15-14-9-6-10-20-18(14)17(19)16(15)13-7-4-3-5-8-13/h3-5,7-8,12,15-16H,6,9-11H2,1-2H3/t15-,16+/m1/s1. The molecule has 1 aromatic rings. The van der Waals surface area contributed by atoms with E-state index in [9.17, 15) is 4.79 Å². The third-order valence-corrected chi connectivity index (χ3v) is 4.37. The molecular weight excluding hydrogens is 248 g/mol. The first-order valence-electron chi connectivity index (χ1n) is 7.63. The van der Waals surface area contributed by atoms with E-state index in [2.05, 4.69) is 26.0 Å². The van der Waals surface area contributed by atoms with Gasteiger partial charge in [-0.2, -0.15) is 0 Å². The summed E-state index contributed by atoms with van der Waals surface area (Å²) < 4.78 is 5.71. The van der Waals surface area contributed by atoms with E-state index in [1.807, 2.05) is 18.2 Å². The first-order chi connectivity index (χ1) is 9.68. The number of ether oxygens (including phenoxy) is 1. The lowest BCUT2D eigenvalue weighted by molar-refractivity contribution is -0.120. The fourth-order valence-corrected chi connectivity index (χ4v) is 3.58. The Kier molecular flexibility index (Phi) is 3.64. The van der Waals surface area contributed by atoms with E-state index in [4.69, 9.17) is 4.74 Å². The molecule has 0 spiro atoms. The number of rotatable bonds is 3. The van der Waals surface area contributed by atoms with Crippen molar-refractivity contribution in [3.05, 3.63) is 47.2 Å². The highest BCUT2D eigenvalue weighted by Crippen LogP contribution is 2.47. The predicted octanol–water partition coefficient (Wildman–Crippen LogP) is 4.08. The minimum Gasteiger partial charge on any atom is -0.490 e. The summed E-state index contributed by atoms with van der Waals surface area (Å²) >= 11 is 0. The molecule has 106 valence electrons. The minimum atomic E-state index is -0.0262. The number of ketones is 1. The quantitative estimate of drug-likeness (QED) is 0.827. The van der Waals surface area contributed by atoms with Crippen molar-refractivity contribution >= 4 is 5.78 Å². The van der Waals surface area contributed by atoms with Crippen LogP contribution in [0, 0.1) is 11.8 Å². The minimum absolute atomic E-state index is 0.0262. The Morgan fingerprint density at radius 2 is 2.00 bits per heavy atom. The van der Waals surface area contributed by atoms with Gasteiger partial charge in [0.15, 0.2) is 5.76 Å². The number of carbonyl (C=O) groups is 1. The van der Waals surface area contributed by atoms with Crippen LogP contribution >= 0.6 is 0 Å². The molecule has 0 fully saturated rings. The summed E-state index contributed by atoms with van der Waals surface area (Å²) in [5.41, 5.74) is 2.42. The van der Waals surface area contributed by atoms with Crippen LogP contribution in [-0.2, 0) is 9.53 Å². The number of benzene rings is 1. The van der Waals surface area contributed by atoms with Crippen molar-refractivity contribution < 1.29 is 9.53 Å². The largest absolute Gasteiger partial charge is 0.490 e. The highest BCUT2D eigenvalue weighted by molar-refractivity contribution is 6.02. The Balaban J connectivity index is 1.99.